The van der Waals surface area contributed by atoms with Crippen LogP contribution in [0, 0.1) is 6.92 Å². The summed E-state index contributed by atoms with van der Waals surface area (Å²) in [6.45, 7) is 12.6. The lowest BCUT2D eigenvalue weighted by Gasteiger charge is -2.39. The van der Waals surface area contributed by atoms with Crippen molar-refractivity contribution in [2.24, 2.45) is 0 Å². The lowest BCUT2D eigenvalue weighted by molar-refractivity contribution is 0.0697. The highest BCUT2D eigenvalue weighted by atomic mass is 16.5. The van der Waals surface area contributed by atoms with E-state index in [1.54, 1.807) is 6.07 Å². The molecule has 0 bridgehead atoms. The maximum atomic E-state index is 12.1. The number of anilines is 1. The van der Waals surface area contributed by atoms with E-state index in [0.29, 0.717) is 12.2 Å². The molecular weight excluding hydrogens is 622 g/mol. The summed E-state index contributed by atoms with van der Waals surface area (Å²) in [5, 5.41) is 12.0. The number of aryl methyl sites for hydroxylation is 1. The normalized spacial score (nSPS) is 18.7. The van der Waals surface area contributed by atoms with Gasteiger partial charge in [0.25, 0.3) is 0 Å². The highest BCUT2D eigenvalue weighted by Crippen LogP contribution is 2.58. The van der Waals surface area contributed by atoms with Crippen molar-refractivity contribution in [2.75, 3.05) is 37.8 Å². The molecular formula is C44H43NO5. The van der Waals surface area contributed by atoms with Crippen LogP contribution in [0.3, 0.4) is 0 Å². The number of hydrogen-bond donors (Lipinski definition) is 1. The van der Waals surface area contributed by atoms with Crippen molar-refractivity contribution in [3.05, 3.63) is 130 Å². The Balaban J connectivity index is 1.32. The summed E-state index contributed by atoms with van der Waals surface area (Å²) in [6.07, 6.45) is 6.54. The summed E-state index contributed by atoms with van der Waals surface area (Å²) in [5.41, 5.74) is 8.73. The number of carboxylic acid groups (broad SMARTS) is 1. The molecule has 8 rings (SSSR count). The van der Waals surface area contributed by atoms with E-state index in [1.165, 1.54) is 5.69 Å². The Morgan fingerprint density at radius 2 is 1.62 bits per heavy atom. The summed E-state index contributed by atoms with van der Waals surface area (Å²) in [4.78, 5) is 14.5. The molecule has 5 aromatic carbocycles. The van der Waals surface area contributed by atoms with Gasteiger partial charge in [-0.3, -0.25) is 0 Å². The van der Waals surface area contributed by atoms with Gasteiger partial charge in [-0.15, -0.1) is 0 Å². The average molecular weight is 666 g/mol. The third-order valence-electron chi connectivity index (χ3n) is 10.8. The van der Waals surface area contributed by atoms with E-state index < -0.39 is 11.6 Å². The number of nitrogens with zero attached hydrogens (tertiary/aromatic N) is 1. The quantitative estimate of drug-likeness (QED) is 0.167. The third kappa shape index (κ3) is 5.16. The van der Waals surface area contributed by atoms with Crippen molar-refractivity contribution in [1.29, 1.82) is 0 Å². The molecule has 6 nitrogen and oxygen atoms in total. The molecule has 1 unspecified atom stereocenters. The van der Waals surface area contributed by atoms with Gasteiger partial charge in [-0.2, -0.15) is 0 Å². The van der Waals surface area contributed by atoms with E-state index in [-0.39, 0.29) is 5.41 Å². The van der Waals surface area contributed by atoms with Gasteiger partial charge in [-0.05, 0) is 89.5 Å². The zero-order chi connectivity index (χ0) is 34.6. The molecule has 1 aliphatic carbocycles. The minimum atomic E-state index is -0.924. The molecule has 1 atom stereocenters. The molecule has 0 aromatic heterocycles. The second-order valence-electron chi connectivity index (χ2n) is 14.3. The Bertz CT molecular complexity index is 2140. The second kappa shape index (κ2) is 12.4. The molecule has 2 heterocycles. The Morgan fingerprint density at radius 1 is 0.900 bits per heavy atom. The highest BCUT2D eigenvalue weighted by molar-refractivity contribution is 6.09. The van der Waals surface area contributed by atoms with Gasteiger partial charge in [0.1, 0.15) is 11.5 Å². The van der Waals surface area contributed by atoms with Crippen LogP contribution in [0.4, 0.5) is 5.69 Å². The third-order valence-corrected chi connectivity index (χ3v) is 10.8. The number of carbonyl (C=O) groups is 1. The first kappa shape index (κ1) is 32.2. The number of morpholine rings is 1. The van der Waals surface area contributed by atoms with Crippen LogP contribution in [0.5, 0.6) is 11.5 Å². The number of aromatic carboxylic acids is 1. The van der Waals surface area contributed by atoms with Crippen LogP contribution in [-0.2, 0) is 15.8 Å². The molecule has 5 aromatic rings. The maximum Gasteiger partial charge on any atom is 0.335 e. The number of hydrogen-bond acceptors (Lipinski definition) is 5. The smallest absolute Gasteiger partial charge is 0.335 e. The monoisotopic (exact) mass is 665 g/mol. The molecule has 0 spiro atoms. The molecule has 6 heteroatoms. The van der Waals surface area contributed by atoms with Gasteiger partial charge in [0.15, 0.2) is 5.60 Å². The number of unbranched alkanes of at least 4 members (excludes halogenated alkanes) is 1. The summed E-state index contributed by atoms with van der Waals surface area (Å²) in [6, 6.07) is 29.2. The Kier molecular flexibility index (Phi) is 7.95. The second-order valence-corrected chi connectivity index (χ2v) is 14.3. The average Bonchev–Trinajstić information content (AvgIpc) is 3.38. The molecule has 0 amide bonds. The summed E-state index contributed by atoms with van der Waals surface area (Å²) < 4.78 is 19.2. The first-order chi connectivity index (χ1) is 24.2. The van der Waals surface area contributed by atoms with Gasteiger partial charge in [0.05, 0.1) is 25.4 Å². The zero-order valence-corrected chi connectivity index (χ0v) is 29.2. The van der Waals surface area contributed by atoms with E-state index in [4.69, 9.17) is 14.2 Å². The number of rotatable bonds is 8. The van der Waals surface area contributed by atoms with Crippen LogP contribution < -0.4 is 14.4 Å². The maximum absolute atomic E-state index is 12.1. The number of fused-ring (bicyclic) bond motifs is 8. The van der Waals surface area contributed by atoms with Crippen molar-refractivity contribution in [1.82, 2.24) is 0 Å². The fraction of sp³-hybridized carbons (Fsp3) is 0.295. The summed E-state index contributed by atoms with van der Waals surface area (Å²) >= 11 is 0. The molecule has 1 N–H and O–H groups in total. The molecule has 0 saturated carbocycles. The standard InChI is InChI=1S/C44H43NO5/c1-5-6-23-49-33-15-11-31(12-16-33)44(30-9-13-32(14-10-30)45-21-24-48-25-22-45)20-19-35-40-39(34-17-7-28(2)26-36(34)41(35)50-44)37-27-29(42(46)47)8-18-38(37)43(40,3)4/h7-20,26-27H,5-6,21-25H2,1-4H3,(H,46,47). The minimum absolute atomic E-state index is 0.291. The fourth-order valence-corrected chi connectivity index (χ4v) is 8.10. The van der Waals surface area contributed by atoms with Gasteiger partial charge in [-0.25, -0.2) is 4.79 Å². The van der Waals surface area contributed by atoms with Gasteiger partial charge in [0.2, 0.25) is 0 Å². The van der Waals surface area contributed by atoms with Crippen molar-refractivity contribution in [3.8, 4) is 22.6 Å². The predicted octanol–water partition coefficient (Wildman–Crippen LogP) is 9.52. The molecule has 0 radical (unpaired) electrons. The molecule has 2 aliphatic heterocycles. The van der Waals surface area contributed by atoms with Crippen molar-refractivity contribution in [2.45, 2.75) is 51.6 Å². The number of carboxylic acids is 1. The molecule has 254 valence electrons. The van der Waals surface area contributed by atoms with E-state index in [9.17, 15) is 9.90 Å². The molecule has 50 heavy (non-hydrogen) atoms. The fourth-order valence-electron chi connectivity index (χ4n) is 8.10. The highest BCUT2D eigenvalue weighted by Gasteiger charge is 2.44. The van der Waals surface area contributed by atoms with Crippen LogP contribution in [-0.4, -0.2) is 44.0 Å². The summed E-state index contributed by atoms with van der Waals surface area (Å²) in [5.74, 6) is 0.760. The van der Waals surface area contributed by atoms with Crippen LogP contribution in [0.25, 0.3) is 28.0 Å². The summed E-state index contributed by atoms with van der Waals surface area (Å²) in [7, 11) is 0. The van der Waals surface area contributed by atoms with Crippen LogP contribution >= 0.6 is 0 Å². The van der Waals surface area contributed by atoms with E-state index in [1.807, 2.05) is 24.3 Å². The zero-order valence-electron chi connectivity index (χ0n) is 29.2. The van der Waals surface area contributed by atoms with Crippen LogP contribution in [0.1, 0.15) is 77.4 Å². The SMILES string of the molecule is CCCCOc1ccc(C2(c3ccc(N4CCOCC4)cc3)C=Cc3c4c(c5ccc(C)cc5c3O2)-c2cc(C(=O)O)ccc2C4(C)C)cc1. The molecule has 3 aliphatic rings. The van der Waals surface area contributed by atoms with Gasteiger partial charge in [0, 0.05) is 46.3 Å². The van der Waals surface area contributed by atoms with E-state index in [0.717, 1.165) is 106 Å². The van der Waals surface area contributed by atoms with Gasteiger partial charge in [-0.1, -0.05) is 81.3 Å². The topological polar surface area (TPSA) is 68.2 Å². The molecule has 1 fully saturated rings. The van der Waals surface area contributed by atoms with E-state index in [2.05, 4.69) is 99.3 Å². The number of benzene rings is 5. The predicted molar refractivity (Wildman–Crippen MR) is 200 cm³/mol. The van der Waals surface area contributed by atoms with Crippen molar-refractivity contribution >= 4 is 28.5 Å². The van der Waals surface area contributed by atoms with Gasteiger partial charge < -0.3 is 24.2 Å². The lowest BCUT2D eigenvalue weighted by atomic mass is 9.76. The Labute approximate surface area is 293 Å². The number of ether oxygens (including phenoxy) is 3. The first-order valence-corrected chi connectivity index (χ1v) is 17.7. The lowest BCUT2D eigenvalue weighted by Crippen LogP contribution is -2.37. The minimum Gasteiger partial charge on any atom is -0.494 e. The van der Waals surface area contributed by atoms with E-state index >= 15 is 0 Å². The van der Waals surface area contributed by atoms with Crippen LogP contribution in [0.2, 0.25) is 0 Å². The van der Waals surface area contributed by atoms with Crippen LogP contribution in [0.15, 0.2) is 91.0 Å². The molecule has 1 saturated heterocycles. The van der Waals surface area contributed by atoms with Crippen molar-refractivity contribution < 1.29 is 24.1 Å². The Morgan fingerprint density at radius 3 is 2.32 bits per heavy atom. The van der Waals surface area contributed by atoms with Crippen molar-refractivity contribution in [3.63, 3.8) is 0 Å². The Hall–Kier alpha value is -5.07. The largest absolute Gasteiger partial charge is 0.494 e. The first-order valence-electron chi connectivity index (χ1n) is 17.7. The van der Waals surface area contributed by atoms with Gasteiger partial charge >= 0.3 is 5.97 Å².